The molecule has 0 aliphatic carbocycles. The fourth-order valence-corrected chi connectivity index (χ4v) is 0. The van der Waals surface area contributed by atoms with Gasteiger partial charge < -0.3 is 22.2 Å². The summed E-state index contributed by atoms with van der Waals surface area (Å²) in [6.07, 6.45) is 2.28. The molecular weight excluding hydrogens is 132 g/mol. The van der Waals surface area contributed by atoms with E-state index in [0.29, 0.717) is 0 Å². The average molecular weight is 143 g/mol. The number of hydrogen-bond donors (Lipinski definition) is 0. The summed E-state index contributed by atoms with van der Waals surface area (Å²) in [6, 6.07) is 0. The van der Waals surface area contributed by atoms with Crippen LogP contribution in [-0.4, -0.2) is 46.1 Å². The van der Waals surface area contributed by atoms with Crippen LogP contribution < -0.4 is 12.4 Å². The van der Waals surface area contributed by atoms with Crippen LogP contribution >= 0.6 is 0 Å². The predicted octanol–water partition coefficient (Wildman–Crippen LogP) is -1.91. The fraction of sp³-hybridized carbons (Fsp3) is 0.750. The maximum atomic E-state index is 3.60. The molecule has 0 aliphatic rings. The van der Waals surface area contributed by atoms with Crippen molar-refractivity contribution in [3.63, 3.8) is 0 Å². The molecule has 0 atom stereocenters. The van der Waals surface area contributed by atoms with Gasteiger partial charge in [0.2, 0.25) is 0 Å². The molecular formula is C4H11ClMg2. The third-order valence-electron chi connectivity index (χ3n) is 0.354. The summed E-state index contributed by atoms with van der Waals surface area (Å²) in [4.78, 5) is 0. The second kappa shape index (κ2) is 24.9. The van der Waals surface area contributed by atoms with Crippen LogP contribution in [-0.2, 0) is 0 Å². The standard InChI is InChI=1S/C4H9.ClH.2Mg.2H/c1-3-4-2;;;;;/h1,3-4H2,2H3;1H;;;;/q-1;;2*+2;2*-1/p-1. The Morgan fingerprint density at radius 1 is 1.43 bits per heavy atom. The Morgan fingerprint density at radius 2 is 1.57 bits per heavy atom. The van der Waals surface area contributed by atoms with Gasteiger partial charge in [-0.25, -0.2) is 0 Å². The van der Waals surface area contributed by atoms with E-state index in [1.54, 1.807) is 0 Å². The second-order valence-electron chi connectivity index (χ2n) is 0.854. The van der Waals surface area contributed by atoms with E-state index in [4.69, 9.17) is 0 Å². The van der Waals surface area contributed by atoms with Gasteiger partial charge in [-0.05, 0) is 0 Å². The van der Waals surface area contributed by atoms with Crippen molar-refractivity contribution in [2.45, 2.75) is 19.8 Å². The largest absolute Gasteiger partial charge is 2.00 e. The molecule has 7 heavy (non-hydrogen) atoms. The Labute approximate surface area is 87.5 Å². The summed E-state index contributed by atoms with van der Waals surface area (Å²) >= 11 is 0. The van der Waals surface area contributed by atoms with Crippen molar-refractivity contribution in [1.29, 1.82) is 0 Å². The minimum Gasteiger partial charge on any atom is -1.00 e. The van der Waals surface area contributed by atoms with Crippen LogP contribution in [0.5, 0.6) is 0 Å². The van der Waals surface area contributed by atoms with E-state index in [0.717, 1.165) is 6.42 Å². The molecule has 0 aromatic rings. The summed E-state index contributed by atoms with van der Waals surface area (Å²) < 4.78 is 0. The maximum Gasteiger partial charge on any atom is 2.00 e. The topological polar surface area (TPSA) is 0 Å². The van der Waals surface area contributed by atoms with Gasteiger partial charge in [-0.2, -0.15) is 6.42 Å². The number of rotatable bonds is 1. The predicted molar refractivity (Wildman–Crippen MR) is 34.0 cm³/mol. The molecule has 0 N–H and O–H groups in total. The number of unbranched alkanes of at least 4 members (excludes halogenated alkanes) is 1. The summed E-state index contributed by atoms with van der Waals surface area (Å²) in [5.74, 6) is 0. The van der Waals surface area contributed by atoms with Crippen molar-refractivity contribution in [1.82, 2.24) is 0 Å². The van der Waals surface area contributed by atoms with Crippen LogP contribution in [0.25, 0.3) is 0 Å². The van der Waals surface area contributed by atoms with Gasteiger partial charge in [-0.3, -0.25) is 0 Å². The Morgan fingerprint density at radius 3 is 1.57 bits per heavy atom. The summed E-state index contributed by atoms with van der Waals surface area (Å²) in [5.41, 5.74) is 0. The van der Waals surface area contributed by atoms with E-state index < -0.39 is 0 Å². The molecule has 0 fully saturated rings. The molecule has 0 bridgehead atoms. The summed E-state index contributed by atoms with van der Waals surface area (Å²) in [5, 5.41) is 0. The zero-order chi connectivity index (χ0) is 3.41. The van der Waals surface area contributed by atoms with Crippen molar-refractivity contribution >= 4 is 46.1 Å². The van der Waals surface area contributed by atoms with E-state index in [1.165, 1.54) is 6.42 Å². The molecule has 0 aromatic carbocycles. The molecule has 38 valence electrons. The van der Waals surface area contributed by atoms with Gasteiger partial charge in [0.05, 0.1) is 0 Å². The Hall–Kier alpha value is 1.82. The van der Waals surface area contributed by atoms with Gasteiger partial charge >= 0.3 is 46.1 Å². The number of hydrogen-bond acceptors (Lipinski definition) is 0. The van der Waals surface area contributed by atoms with Gasteiger partial charge in [0, 0.05) is 0 Å². The number of halogens is 1. The van der Waals surface area contributed by atoms with E-state index in [2.05, 4.69) is 13.8 Å². The van der Waals surface area contributed by atoms with E-state index in [1.807, 2.05) is 0 Å². The molecule has 0 rings (SSSR count). The Bertz CT molecular complexity index is 18.5. The van der Waals surface area contributed by atoms with Crippen LogP contribution in [0.1, 0.15) is 22.6 Å². The Balaban J connectivity index is -0.00000000450. The van der Waals surface area contributed by atoms with E-state index in [9.17, 15) is 0 Å². The first-order valence-corrected chi connectivity index (χ1v) is 1.71. The van der Waals surface area contributed by atoms with Crippen molar-refractivity contribution in [3.05, 3.63) is 6.92 Å². The molecule has 0 unspecified atom stereocenters. The zero-order valence-electron chi connectivity index (χ0n) is 6.91. The van der Waals surface area contributed by atoms with Crippen LogP contribution in [0.2, 0.25) is 0 Å². The quantitative estimate of drug-likeness (QED) is 0.297. The van der Waals surface area contributed by atoms with Gasteiger partial charge in [0.25, 0.3) is 0 Å². The molecule has 0 amide bonds. The molecule has 0 aromatic heterocycles. The minimum absolute atomic E-state index is 0. The molecule has 0 radical (unpaired) electrons. The van der Waals surface area contributed by atoms with Crippen LogP contribution in [0.15, 0.2) is 0 Å². The summed E-state index contributed by atoms with van der Waals surface area (Å²) in [7, 11) is 0. The first-order valence-electron chi connectivity index (χ1n) is 1.71. The van der Waals surface area contributed by atoms with Gasteiger partial charge in [-0.15, -0.1) is 0 Å². The zero-order valence-corrected chi connectivity index (χ0v) is 8.50. The van der Waals surface area contributed by atoms with Crippen LogP contribution in [0.3, 0.4) is 0 Å². The molecule has 0 aliphatic heterocycles. The van der Waals surface area contributed by atoms with E-state index in [-0.39, 0.29) is 61.4 Å². The fourth-order valence-electron chi connectivity index (χ4n) is 0. The van der Waals surface area contributed by atoms with Crippen LogP contribution in [0, 0.1) is 6.92 Å². The first-order chi connectivity index (χ1) is 1.91. The molecule has 0 saturated carbocycles. The van der Waals surface area contributed by atoms with Gasteiger partial charge in [0.15, 0.2) is 0 Å². The SMILES string of the molecule is [CH2-]CCC.[Cl-].[H-].[H-].[Mg+2].[Mg+2]. The normalized spacial score (nSPS) is 4.29. The van der Waals surface area contributed by atoms with Gasteiger partial charge in [-0.1, -0.05) is 13.3 Å². The maximum absolute atomic E-state index is 3.60. The van der Waals surface area contributed by atoms with Crippen molar-refractivity contribution in [2.75, 3.05) is 0 Å². The minimum atomic E-state index is 0. The average Bonchev–Trinajstić information content (AvgIpc) is 1.37. The van der Waals surface area contributed by atoms with Crippen LogP contribution in [0.4, 0.5) is 0 Å². The van der Waals surface area contributed by atoms with Crippen molar-refractivity contribution < 1.29 is 15.3 Å². The Kier molecular flexibility index (Phi) is 82.6. The monoisotopic (exact) mass is 142 g/mol. The molecule has 0 heterocycles. The third-order valence-corrected chi connectivity index (χ3v) is 0.354. The first kappa shape index (κ1) is 23.2. The second-order valence-corrected chi connectivity index (χ2v) is 0.854. The van der Waals surface area contributed by atoms with Crippen molar-refractivity contribution in [3.8, 4) is 0 Å². The van der Waals surface area contributed by atoms with Crippen molar-refractivity contribution in [2.24, 2.45) is 0 Å². The molecule has 0 spiro atoms. The molecule has 0 nitrogen and oxygen atoms in total. The smallest absolute Gasteiger partial charge is 1.00 e. The molecule has 3 heteroatoms. The third kappa shape index (κ3) is 33.3. The van der Waals surface area contributed by atoms with Gasteiger partial charge in [0.1, 0.15) is 0 Å². The molecule has 0 saturated heterocycles. The van der Waals surface area contributed by atoms with E-state index >= 15 is 0 Å². The summed E-state index contributed by atoms with van der Waals surface area (Å²) in [6.45, 7) is 5.72.